The quantitative estimate of drug-likeness (QED) is 0.866. The van der Waals surface area contributed by atoms with Gasteiger partial charge < -0.3 is 24.7 Å². The van der Waals surface area contributed by atoms with E-state index in [0.29, 0.717) is 17.1 Å². The van der Waals surface area contributed by atoms with Crippen molar-refractivity contribution in [3.63, 3.8) is 0 Å². The van der Waals surface area contributed by atoms with Crippen LogP contribution in [0.5, 0.6) is 11.5 Å². The Kier molecular flexibility index (Phi) is 3.05. The smallest absolute Gasteiger partial charge is 0.293 e. The summed E-state index contributed by atoms with van der Waals surface area (Å²) in [6, 6.07) is 9.70. The summed E-state index contributed by atoms with van der Waals surface area (Å²) < 4.78 is 22.0. The summed E-state index contributed by atoms with van der Waals surface area (Å²) in [6.07, 6.45) is 0. The molecule has 4 rings (SSSR count). The fraction of sp³-hybridized carbons (Fsp3) is 0.471. The Morgan fingerprint density at radius 2 is 1.72 bits per heavy atom. The molecule has 3 atom stereocenters. The lowest BCUT2D eigenvalue weighted by atomic mass is 9.94. The van der Waals surface area contributed by atoms with E-state index >= 15 is 0 Å². The molecule has 25 heavy (non-hydrogen) atoms. The largest absolute Gasteiger partial charge is 0.497 e. The van der Waals surface area contributed by atoms with Crippen LogP contribution in [0.4, 0.5) is 0 Å². The van der Waals surface area contributed by atoms with E-state index in [1.54, 1.807) is 18.2 Å². The molecule has 1 spiro atoms. The van der Waals surface area contributed by atoms with E-state index in [1.165, 1.54) is 14.2 Å². The van der Waals surface area contributed by atoms with E-state index in [2.05, 4.69) is 17.1 Å². The van der Waals surface area contributed by atoms with E-state index < -0.39 is 22.7 Å². The average molecular weight is 340 g/mol. The van der Waals surface area contributed by atoms with Crippen molar-refractivity contribution in [1.82, 2.24) is 0 Å². The van der Waals surface area contributed by atoms with Crippen LogP contribution in [0.15, 0.2) is 23.2 Å². The molecule has 8 heteroatoms. The van der Waals surface area contributed by atoms with Crippen LogP contribution in [0.1, 0.15) is 11.5 Å². The van der Waals surface area contributed by atoms with Crippen molar-refractivity contribution in [3.8, 4) is 23.6 Å². The van der Waals surface area contributed by atoms with Gasteiger partial charge in [-0.05, 0) is 17.7 Å². The van der Waals surface area contributed by atoms with Gasteiger partial charge in [0.2, 0.25) is 0 Å². The molecule has 1 saturated heterocycles. The maximum Gasteiger partial charge on any atom is 0.293 e. The van der Waals surface area contributed by atoms with Gasteiger partial charge in [-0.3, -0.25) is 0 Å². The summed E-state index contributed by atoms with van der Waals surface area (Å²) in [6.45, 7) is 0.575. The molecule has 8 nitrogen and oxygen atoms in total. The molecule has 0 bridgehead atoms. The van der Waals surface area contributed by atoms with E-state index in [1.807, 2.05) is 0 Å². The SMILES string of the molecule is COc1cc(OC)cc(C2C3(C#N)C(N)=NC4(OCCO4)C23C#N)c1. The fourth-order valence-electron chi connectivity index (χ4n) is 4.21. The van der Waals surface area contributed by atoms with Crippen LogP contribution in [0.3, 0.4) is 0 Å². The number of nitrogens with zero attached hydrogens (tertiary/aromatic N) is 3. The molecule has 0 amide bonds. The van der Waals surface area contributed by atoms with Crippen molar-refractivity contribution < 1.29 is 18.9 Å². The van der Waals surface area contributed by atoms with Gasteiger partial charge in [-0.15, -0.1) is 0 Å². The highest BCUT2D eigenvalue weighted by Gasteiger charge is 2.94. The maximum atomic E-state index is 10.0. The van der Waals surface area contributed by atoms with Gasteiger partial charge >= 0.3 is 0 Å². The highest BCUT2D eigenvalue weighted by molar-refractivity contribution is 6.00. The first-order valence-electron chi connectivity index (χ1n) is 7.74. The van der Waals surface area contributed by atoms with Crippen LogP contribution in [-0.2, 0) is 9.47 Å². The Balaban J connectivity index is 1.92. The lowest BCUT2D eigenvalue weighted by Gasteiger charge is -2.25. The highest BCUT2D eigenvalue weighted by Crippen LogP contribution is 2.82. The van der Waals surface area contributed by atoms with Crippen molar-refractivity contribution in [3.05, 3.63) is 23.8 Å². The highest BCUT2D eigenvalue weighted by atomic mass is 16.8. The molecule has 1 aromatic carbocycles. The Bertz CT molecular complexity index is 842. The first-order chi connectivity index (χ1) is 12.0. The van der Waals surface area contributed by atoms with Crippen molar-refractivity contribution in [1.29, 1.82) is 10.5 Å². The third-order valence-electron chi connectivity index (χ3n) is 5.31. The Labute approximate surface area is 144 Å². The second-order valence-electron chi connectivity index (χ2n) is 6.19. The molecule has 3 unspecified atom stereocenters. The first kappa shape index (κ1) is 15.7. The minimum atomic E-state index is -1.54. The van der Waals surface area contributed by atoms with Crippen molar-refractivity contribution in [2.24, 2.45) is 21.6 Å². The third kappa shape index (κ3) is 1.54. The van der Waals surface area contributed by atoms with Gasteiger partial charge in [0, 0.05) is 12.0 Å². The average Bonchev–Trinajstić information content (AvgIpc) is 2.90. The normalized spacial score (nSPS) is 33.9. The van der Waals surface area contributed by atoms with Crippen molar-refractivity contribution in [2.75, 3.05) is 27.4 Å². The number of amidine groups is 1. The van der Waals surface area contributed by atoms with Gasteiger partial charge in [-0.2, -0.15) is 10.5 Å². The number of rotatable bonds is 3. The van der Waals surface area contributed by atoms with Gasteiger partial charge in [0.25, 0.3) is 5.91 Å². The molecule has 128 valence electrons. The minimum absolute atomic E-state index is 0.0604. The number of nitrogens with two attached hydrogens (primary N) is 1. The van der Waals surface area contributed by atoms with Crippen molar-refractivity contribution >= 4 is 5.84 Å². The molecule has 0 radical (unpaired) electrons. The van der Waals surface area contributed by atoms with Crippen molar-refractivity contribution in [2.45, 2.75) is 11.8 Å². The molecule has 2 heterocycles. The van der Waals surface area contributed by atoms with Gasteiger partial charge in [0.15, 0.2) is 5.41 Å². The molecule has 3 aliphatic rings. The van der Waals surface area contributed by atoms with E-state index in [4.69, 9.17) is 24.7 Å². The standard InChI is InChI=1S/C17H16N4O4/c1-22-11-5-10(6-12(7-11)23-2)13-15(8-18)14(20)21-17(16(13,15)9-19)24-3-4-25-17/h5-7,13H,3-4H2,1-2H3,(H2,20,21). The van der Waals surface area contributed by atoms with E-state index in [-0.39, 0.29) is 19.0 Å². The number of benzene rings is 1. The molecule has 0 aromatic heterocycles. The number of hydrogen-bond donors (Lipinski definition) is 1. The number of hydrogen-bond acceptors (Lipinski definition) is 8. The van der Waals surface area contributed by atoms with Crippen LogP contribution in [0.25, 0.3) is 0 Å². The Hall–Kier alpha value is -2.81. The zero-order chi connectivity index (χ0) is 17.9. The van der Waals surface area contributed by atoms with E-state index in [0.717, 1.165) is 0 Å². The summed E-state index contributed by atoms with van der Waals surface area (Å²) in [5.74, 6) is -0.931. The molecule has 1 aromatic rings. The van der Waals surface area contributed by atoms with Crippen LogP contribution >= 0.6 is 0 Å². The lowest BCUT2D eigenvalue weighted by molar-refractivity contribution is -0.184. The second kappa shape index (κ2) is 4.85. The van der Waals surface area contributed by atoms with Crippen LogP contribution in [-0.4, -0.2) is 39.2 Å². The minimum Gasteiger partial charge on any atom is -0.497 e. The molecule has 2 fully saturated rings. The van der Waals surface area contributed by atoms with Crippen LogP contribution in [0, 0.1) is 33.5 Å². The van der Waals surface area contributed by atoms with E-state index in [9.17, 15) is 10.5 Å². The zero-order valence-corrected chi connectivity index (χ0v) is 13.8. The first-order valence-corrected chi connectivity index (χ1v) is 7.74. The molecule has 2 aliphatic heterocycles. The topological polar surface area (TPSA) is 123 Å². The van der Waals surface area contributed by atoms with Gasteiger partial charge in [0.05, 0.1) is 39.6 Å². The summed E-state index contributed by atoms with van der Waals surface area (Å²) in [5, 5.41) is 20.0. The van der Waals surface area contributed by atoms with Crippen LogP contribution < -0.4 is 15.2 Å². The summed E-state index contributed by atoms with van der Waals surface area (Å²) >= 11 is 0. The van der Waals surface area contributed by atoms with Crippen LogP contribution in [0.2, 0.25) is 0 Å². The maximum absolute atomic E-state index is 10.0. The fourth-order valence-corrected chi connectivity index (χ4v) is 4.21. The number of aliphatic imine (C=N–C) groups is 1. The third-order valence-corrected chi connectivity index (χ3v) is 5.31. The number of ether oxygens (including phenoxy) is 4. The predicted molar refractivity (Wildman–Crippen MR) is 84.6 cm³/mol. The number of methoxy groups -OCH3 is 2. The second-order valence-corrected chi connectivity index (χ2v) is 6.19. The van der Waals surface area contributed by atoms with Gasteiger partial charge in [-0.1, -0.05) is 0 Å². The summed E-state index contributed by atoms with van der Waals surface area (Å²) in [7, 11) is 3.07. The number of nitriles is 2. The van der Waals surface area contributed by atoms with Gasteiger partial charge in [0.1, 0.15) is 22.7 Å². The number of fused-ring (bicyclic) bond motifs is 2. The lowest BCUT2D eigenvalue weighted by Crippen LogP contribution is -2.38. The molecule has 1 saturated carbocycles. The molecular formula is C17H16N4O4. The van der Waals surface area contributed by atoms with Gasteiger partial charge in [-0.25, -0.2) is 4.99 Å². The Morgan fingerprint density at radius 3 is 2.20 bits per heavy atom. The summed E-state index contributed by atoms with van der Waals surface area (Å²) in [4.78, 5) is 4.24. The molecular weight excluding hydrogens is 324 g/mol. The monoisotopic (exact) mass is 340 g/mol. The molecule has 1 aliphatic carbocycles. The molecule has 2 N–H and O–H groups in total. The predicted octanol–water partition coefficient (Wildman–Crippen LogP) is 0.892. The summed E-state index contributed by atoms with van der Waals surface area (Å²) in [5.41, 5.74) is 4.15. The zero-order valence-electron chi connectivity index (χ0n) is 13.8. The Morgan fingerprint density at radius 1 is 1.12 bits per heavy atom.